The van der Waals surface area contributed by atoms with Gasteiger partial charge in [0.1, 0.15) is 0 Å². The molecule has 0 radical (unpaired) electrons. The van der Waals surface area contributed by atoms with Gasteiger partial charge in [-0.15, -0.1) is 0 Å². The average Bonchev–Trinajstić information content (AvgIpc) is 2.52. The van der Waals surface area contributed by atoms with Crippen LogP contribution in [0.25, 0.3) is 10.9 Å². The Labute approximate surface area is 145 Å². The first-order valence-electron chi connectivity index (χ1n) is 7.97. The van der Waals surface area contributed by atoms with Crippen molar-refractivity contribution in [2.75, 3.05) is 13.1 Å². The van der Waals surface area contributed by atoms with Crippen molar-refractivity contribution in [2.24, 2.45) is 5.92 Å². The molecule has 136 valence electrons. The molecule has 1 amide bonds. The van der Waals surface area contributed by atoms with E-state index in [0.717, 1.165) is 18.1 Å². The van der Waals surface area contributed by atoms with Crippen molar-refractivity contribution in [3.8, 4) is 0 Å². The van der Waals surface area contributed by atoms with Gasteiger partial charge in [0.05, 0.1) is 11.1 Å². The standard InChI is InChI=1S/C18H19F3N2O.CH4/c1-11-8-13(10-23(9-11)12(2)24)14-5-6-16(18(19,20)21)17-15(14)4-3-7-22-17;/h3-7,11,13H,8-10H2,1-2H3;1H4/t11-,13?;/m1./s1. The van der Waals surface area contributed by atoms with E-state index in [-0.39, 0.29) is 24.8 Å². The van der Waals surface area contributed by atoms with E-state index in [1.54, 1.807) is 23.1 Å². The van der Waals surface area contributed by atoms with Crippen LogP contribution in [-0.4, -0.2) is 28.9 Å². The van der Waals surface area contributed by atoms with Gasteiger partial charge in [0.2, 0.25) is 5.91 Å². The topological polar surface area (TPSA) is 33.2 Å². The maximum Gasteiger partial charge on any atom is 0.418 e. The lowest BCUT2D eigenvalue weighted by molar-refractivity contribution is -0.136. The minimum atomic E-state index is -4.43. The van der Waals surface area contributed by atoms with Crippen LogP contribution in [-0.2, 0) is 11.0 Å². The Balaban J connectivity index is 0.00000225. The molecule has 1 aliphatic rings. The number of fused-ring (bicyclic) bond motifs is 1. The Kier molecular flexibility index (Phi) is 5.40. The van der Waals surface area contributed by atoms with Crippen LogP contribution in [0.4, 0.5) is 13.2 Å². The molecule has 2 atom stereocenters. The summed E-state index contributed by atoms with van der Waals surface area (Å²) in [4.78, 5) is 17.5. The van der Waals surface area contributed by atoms with Gasteiger partial charge < -0.3 is 4.90 Å². The molecule has 1 saturated heterocycles. The number of hydrogen-bond acceptors (Lipinski definition) is 2. The average molecular weight is 352 g/mol. The summed E-state index contributed by atoms with van der Waals surface area (Å²) in [5, 5.41) is 0.523. The number of rotatable bonds is 1. The molecule has 6 heteroatoms. The third-order valence-electron chi connectivity index (χ3n) is 4.65. The van der Waals surface area contributed by atoms with E-state index in [2.05, 4.69) is 11.9 Å². The minimum Gasteiger partial charge on any atom is -0.342 e. The molecule has 2 heterocycles. The lowest BCUT2D eigenvalue weighted by Crippen LogP contribution is -2.41. The fourth-order valence-electron chi connectivity index (χ4n) is 3.61. The number of carbonyl (C=O) groups excluding carboxylic acids is 1. The van der Waals surface area contributed by atoms with E-state index >= 15 is 0 Å². The van der Waals surface area contributed by atoms with Crippen LogP contribution in [0.3, 0.4) is 0 Å². The van der Waals surface area contributed by atoms with Crippen LogP contribution in [0.5, 0.6) is 0 Å². The van der Waals surface area contributed by atoms with Gasteiger partial charge in [-0.25, -0.2) is 0 Å². The maximum atomic E-state index is 13.2. The number of likely N-dealkylation sites (tertiary alicyclic amines) is 1. The predicted octanol–water partition coefficient (Wildman–Crippen LogP) is 4.86. The van der Waals surface area contributed by atoms with E-state index in [1.165, 1.54) is 13.1 Å². The molecule has 3 rings (SSSR count). The second-order valence-electron chi connectivity index (χ2n) is 6.56. The van der Waals surface area contributed by atoms with Gasteiger partial charge in [-0.1, -0.05) is 26.5 Å². The van der Waals surface area contributed by atoms with Crippen molar-refractivity contribution in [1.29, 1.82) is 0 Å². The fraction of sp³-hybridized carbons (Fsp3) is 0.474. The number of hydrogen-bond donors (Lipinski definition) is 0. The zero-order valence-electron chi connectivity index (χ0n) is 13.6. The highest BCUT2D eigenvalue weighted by atomic mass is 19.4. The molecule has 0 N–H and O–H groups in total. The molecule has 25 heavy (non-hydrogen) atoms. The third kappa shape index (κ3) is 3.78. The fourth-order valence-corrected chi connectivity index (χ4v) is 3.61. The number of amides is 1. The van der Waals surface area contributed by atoms with E-state index in [0.29, 0.717) is 24.4 Å². The molecule has 1 unspecified atom stereocenters. The molecule has 0 aliphatic carbocycles. The van der Waals surface area contributed by atoms with E-state index in [1.807, 2.05) is 0 Å². The number of nitrogens with zero attached hydrogens (tertiary/aromatic N) is 2. The normalized spacial score (nSPS) is 21.1. The predicted molar refractivity (Wildman–Crippen MR) is 92.3 cm³/mol. The Bertz CT molecular complexity index is 773. The molecule has 1 aromatic carbocycles. The molecule has 3 nitrogen and oxygen atoms in total. The van der Waals surface area contributed by atoms with Crippen LogP contribution in [0.15, 0.2) is 30.5 Å². The summed E-state index contributed by atoms with van der Waals surface area (Å²) in [7, 11) is 0. The molecule has 0 saturated carbocycles. The monoisotopic (exact) mass is 352 g/mol. The van der Waals surface area contributed by atoms with E-state index in [4.69, 9.17) is 0 Å². The Hall–Kier alpha value is -2.11. The number of halogens is 3. The molecule has 0 bridgehead atoms. The zero-order chi connectivity index (χ0) is 17.5. The van der Waals surface area contributed by atoms with Gasteiger partial charge in [0.25, 0.3) is 0 Å². The highest BCUT2D eigenvalue weighted by Crippen LogP contribution is 2.39. The summed E-state index contributed by atoms with van der Waals surface area (Å²) in [6, 6.07) is 6.00. The van der Waals surface area contributed by atoms with Crippen LogP contribution >= 0.6 is 0 Å². The number of benzene rings is 1. The molecule has 0 spiro atoms. The van der Waals surface area contributed by atoms with Gasteiger partial charge in [0.15, 0.2) is 0 Å². The molecule has 1 aromatic heterocycles. The highest BCUT2D eigenvalue weighted by Gasteiger charge is 2.35. The summed E-state index contributed by atoms with van der Waals surface area (Å²) in [5.41, 5.74) is 0.105. The van der Waals surface area contributed by atoms with Crippen molar-refractivity contribution < 1.29 is 18.0 Å². The first-order chi connectivity index (χ1) is 11.3. The van der Waals surface area contributed by atoms with Crippen molar-refractivity contribution >= 4 is 16.8 Å². The van der Waals surface area contributed by atoms with Crippen LogP contribution in [0, 0.1) is 5.92 Å². The van der Waals surface area contributed by atoms with Crippen molar-refractivity contribution in [2.45, 2.75) is 39.8 Å². The summed E-state index contributed by atoms with van der Waals surface area (Å²) in [5.74, 6) is 0.328. The molecular formula is C19H23F3N2O. The lowest BCUT2D eigenvalue weighted by atomic mass is 9.83. The van der Waals surface area contributed by atoms with Crippen molar-refractivity contribution in [3.63, 3.8) is 0 Å². The number of carbonyl (C=O) groups is 1. The number of piperidine rings is 1. The van der Waals surface area contributed by atoms with Crippen LogP contribution in [0.1, 0.15) is 44.7 Å². The SMILES string of the molecule is C.CC(=O)N1CC(c2ccc(C(F)(F)F)c3ncccc23)C[C@@H](C)C1. The quantitative estimate of drug-likeness (QED) is 0.734. The smallest absolute Gasteiger partial charge is 0.342 e. The number of pyridine rings is 1. The van der Waals surface area contributed by atoms with Gasteiger partial charge in [-0.05, 0) is 30.0 Å². The first-order valence-corrected chi connectivity index (χ1v) is 7.97. The summed E-state index contributed by atoms with van der Waals surface area (Å²) >= 11 is 0. The van der Waals surface area contributed by atoms with Crippen LogP contribution in [0.2, 0.25) is 0 Å². The zero-order valence-corrected chi connectivity index (χ0v) is 13.6. The second-order valence-corrected chi connectivity index (χ2v) is 6.56. The Morgan fingerprint density at radius 3 is 2.60 bits per heavy atom. The van der Waals surface area contributed by atoms with E-state index in [9.17, 15) is 18.0 Å². The Morgan fingerprint density at radius 2 is 1.96 bits per heavy atom. The molecule has 1 aliphatic heterocycles. The minimum absolute atomic E-state index is 0. The maximum absolute atomic E-state index is 13.2. The molecule has 2 aromatic rings. The van der Waals surface area contributed by atoms with Gasteiger partial charge in [-0.2, -0.15) is 13.2 Å². The molecule has 1 fully saturated rings. The number of alkyl halides is 3. The van der Waals surface area contributed by atoms with Gasteiger partial charge in [0, 0.05) is 37.5 Å². The van der Waals surface area contributed by atoms with Gasteiger partial charge in [-0.3, -0.25) is 9.78 Å². The first kappa shape index (κ1) is 19.2. The van der Waals surface area contributed by atoms with Crippen molar-refractivity contribution in [3.05, 3.63) is 41.6 Å². The summed E-state index contributed by atoms with van der Waals surface area (Å²) in [6.07, 6.45) is -2.21. The Morgan fingerprint density at radius 1 is 1.24 bits per heavy atom. The number of aromatic nitrogens is 1. The summed E-state index contributed by atoms with van der Waals surface area (Å²) < 4.78 is 39.7. The van der Waals surface area contributed by atoms with Crippen LogP contribution < -0.4 is 0 Å². The third-order valence-corrected chi connectivity index (χ3v) is 4.65. The van der Waals surface area contributed by atoms with E-state index < -0.39 is 11.7 Å². The van der Waals surface area contributed by atoms with Gasteiger partial charge >= 0.3 is 6.18 Å². The molecular weight excluding hydrogens is 329 g/mol. The summed E-state index contributed by atoms with van der Waals surface area (Å²) in [6.45, 7) is 4.83. The highest BCUT2D eigenvalue weighted by molar-refractivity contribution is 5.86. The lowest BCUT2D eigenvalue weighted by Gasteiger charge is -2.36. The second kappa shape index (κ2) is 7.02. The largest absolute Gasteiger partial charge is 0.418 e. The van der Waals surface area contributed by atoms with Crippen molar-refractivity contribution in [1.82, 2.24) is 9.88 Å².